The van der Waals surface area contributed by atoms with Gasteiger partial charge in [-0.3, -0.25) is 30.1 Å². The summed E-state index contributed by atoms with van der Waals surface area (Å²) in [6.45, 7) is 2.16. The van der Waals surface area contributed by atoms with Crippen molar-refractivity contribution in [2.75, 3.05) is 31.1 Å². The molecule has 0 radical (unpaired) electrons. The molecule has 0 aliphatic carbocycles. The average Bonchev–Trinajstić information content (AvgIpc) is 3.29. The zero-order chi connectivity index (χ0) is 22.0. The highest BCUT2D eigenvalue weighted by Crippen LogP contribution is 2.26. The summed E-state index contributed by atoms with van der Waals surface area (Å²) in [7, 11) is 0. The third kappa shape index (κ3) is 4.06. The van der Waals surface area contributed by atoms with Gasteiger partial charge in [0.2, 0.25) is 0 Å². The summed E-state index contributed by atoms with van der Waals surface area (Å²) < 4.78 is 0. The lowest BCUT2D eigenvalue weighted by atomic mass is 10.1. The minimum absolute atomic E-state index is 0.0292. The summed E-state index contributed by atoms with van der Waals surface area (Å²) >= 11 is 0. The fourth-order valence-electron chi connectivity index (χ4n) is 3.54. The Morgan fingerprint density at radius 3 is 1.97 bits per heavy atom. The first-order chi connectivity index (χ1) is 14.9. The molecule has 1 aliphatic rings. The van der Waals surface area contributed by atoms with E-state index in [0.717, 1.165) is 5.69 Å². The second kappa shape index (κ2) is 8.22. The van der Waals surface area contributed by atoms with Gasteiger partial charge in [-0.2, -0.15) is 5.10 Å². The van der Waals surface area contributed by atoms with Crippen LogP contribution in [0.1, 0.15) is 10.4 Å². The molecule has 1 N–H and O–H groups in total. The van der Waals surface area contributed by atoms with Gasteiger partial charge >= 0.3 is 0 Å². The number of hydrogen-bond acceptors (Lipinski definition) is 7. The highest BCUT2D eigenvalue weighted by Gasteiger charge is 2.26. The van der Waals surface area contributed by atoms with Crippen LogP contribution in [0.2, 0.25) is 0 Å². The molecule has 1 amide bonds. The second-order valence-electron chi connectivity index (χ2n) is 7.02. The number of anilines is 1. The third-order valence-electron chi connectivity index (χ3n) is 5.23. The maximum Gasteiger partial charge on any atom is 0.269 e. The number of nitro groups is 2. The molecule has 1 saturated heterocycles. The number of nitrogens with one attached hydrogen (secondary N) is 1. The fourth-order valence-corrected chi connectivity index (χ4v) is 3.54. The smallest absolute Gasteiger partial charge is 0.269 e. The summed E-state index contributed by atoms with van der Waals surface area (Å²) in [6.07, 6.45) is 1.46. The van der Waals surface area contributed by atoms with Crippen molar-refractivity contribution in [3.63, 3.8) is 0 Å². The molecule has 11 heteroatoms. The first-order valence-corrected chi connectivity index (χ1v) is 9.51. The zero-order valence-electron chi connectivity index (χ0n) is 16.3. The van der Waals surface area contributed by atoms with Crippen molar-refractivity contribution in [3.05, 3.63) is 80.5 Å². The van der Waals surface area contributed by atoms with E-state index in [-0.39, 0.29) is 17.3 Å². The van der Waals surface area contributed by atoms with Gasteiger partial charge in [-0.25, -0.2) is 0 Å². The van der Waals surface area contributed by atoms with Crippen LogP contribution in [0.25, 0.3) is 11.3 Å². The number of piperazine rings is 1. The normalized spacial score (nSPS) is 13.8. The highest BCUT2D eigenvalue weighted by atomic mass is 16.6. The molecule has 2 aromatic carbocycles. The van der Waals surface area contributed by atoms with E-state index in [1.807, 2.05) is 0 Å². The van der Waals surface area contributed by atoms with E-state index < -0.39 is 9.85 Å². The van der Waals surface area contributed by atoms with Crippen molar-refractivity contribution in [3.8, 4) is 11.3 Å². The summed E-state index contributed by atoms with van der Waals surface area (Å²) in [5.74, 6) is -0.176. The van der Waals surface area contributed by atoms with Crippen molar-refractivity contribution in [2.45, 2.75) is 0 Å². The Kier molecular flexibility index (Phi) is 5.31. The van der Waals surface area contributed by atoms with E-state index in [1.165, 1.54) is 30.5 Å². The Hall–Kier alpha value is -4.28. The molecular formula is C20H18N6O5. The molecule has 1 aromatic heterocycles. The van der Waals surface area contributed by atoms with Gasteiger partial charge in [0.25, 0.3) is 17.3 Å². The number of amides is 1. The maximum atomic E-state index is 13.1. The lowest BCUT2D eigenvalue weighted by Crippen LogP contribution is -2.48. The fraction of sp³-hybridized carbons (Fsp3) is 0.200. The molecule has 3 aromatic rings. The van der Waals surface area contributed by atoms with Gasteiger partial charge in [0.05, 0.1) is 27.3 Å². The monoisotopic (exact) mass is 422 g/mol. The predicted octanol–water partition coefficient (Wildman–Crippen LogP) is 2.86. The number of nitrogens with zero attached hydrogens (tertiary/aromatic N) is 5. The number of rotatable bonds is 5. The van der Waals surface area contributed by atoms with E-state index >= 15 is 0 Å². The third-order valence-corrected chi connectivity index (χ3v) is 5.23. The largest absolute Gasteiger partial charge is 0.368 e. The lowest BCUT2D eigenvalue weighted by molar-refractivity contribution is -0.385. The number of aromatic nitrogens is 2. The molecule has 1 aliphatic heterocycles. The summed E-state index contributed by atoms with van der Waals surface area (Å²) in [4.78, 5) is 37.6. The first kappa shape index (κ1) is 20.0. The molecule has 31 heavy (non-hydrogen) atoms. The average molecular weight is 422 g/mol. The van der Waals surface area contributed by atoms with Crippen LogP contribution in [0.3, 0.4) is 0 Å². The van der Waals surface area contributed by atoms with Crippen LogP contribution in [-0.2, 0) is 0 Å². The van der Waals surface area contributed by atoms with Crippen molar-refractivity contribution in [2.24, 2.45) is 0 Å². The molecule has 0 bridgehead atoms. The van der Waals surface area contributed by atoms with Gasteiger partial charge in [-0.05, 0) is 24.3 Å². The van der Waals surface area contributed by atoms with Crippen LogP contribution in [0.15, 0.2) is 54.7 Å². The number of benzene rings is 2. The van der Waals surface area contributed by atoms with Crippen LogP contribution >= 0.6 is 0 Å². The molecule has 1 fully saturated rings. The maximum absolute atomic E-state index is 13.1. The number of aromatic amines is 1. The Labute approximate surface area is 176 Å². The van der Waals surface area contributed by atoms with Crippen molar-refractivity contribution in [1.29, 1.82) is 0 Å². The van der Waals surface area contributed by atoms with Crippen molar-refractivity contribution >= 4 is 23.0 Å². The van der Waals surface area contributed by atoms with E-state index in [2.05, 4.69) is 15.1 Å². The second-order valence-corrected chi connectivity index (χ2v) is 7.02. The van der Waals surface area contributed by atoms with Crippen molar-refractivity contribution in [1.82, 2.24) is 15.1 Å². The van der Waals surface area contributed by atoms with E-state index in [1.54, 1.807) is 29.2 Å². The molecule has 4 rings (SSSR count). The Balaban J connectivity index is 1.44. The van der Waals surface area contributed by atoms with E-state index in [4.69, 9.17) is 0 Å². The zero-order valence-corrected chi connectivity index (χ0v) is 16.3. The van der Waals surface area contributed by atoms with Gasteiger partial charge in [-0.1, -0.05) is 0 Å². The number of non-ortho nitro benzene ring substituents is 2. The van der Waals surface area contributed by atoms with Gasteiger partial charge in [-0.15, -0.1) is 0 Å². The number of H-pyrrole nitrogens is 1. The van der Waals surface area contributed by atoms with Crippen LogP contribution in [0.5, 0.6) is 0 Å². The molecule has 0 spiro atoms. The molecular weight excluding hydrogens is 404 g/mol. The lowest BCUT2D eigenvalue weighted by Gasteiger charge is -2.36. The molecule has 0 unspecified atom stereocenters. The Morgan fingerprint density at radius 1 is 0.871 bits per heavy atom. The summed E-state index contributed by atoms with van der Waals surface area (Å²) in [5.41, 5.74) is 2.42. The highest BCUT2D eigenvalue weighted by molar-refractivity contribution is 5.99. The van der Waals surface area contributed by atoms with E-state index in [9.17, 15) is 25.0 Å². The van der Waals surface area contributed by atoms with Crippen molar-refractivity contribution < 1.29 is 14.6 Å². The number of nitro benzene ring substituents is 2. The minimum atomic E-state index is -0.479. The van der Waals surface area contributed by atoms with Crippen LogP contribution < -0.4 is 4.90 Å². The Bertz CT molecular complexity index is 1120. The predicted molar refractivity (Wildman–Crippen MR) is 112 cm³/mol. The SMILES string of the molecule is O=C(c1cn[nH]c1-c1ccc([N+](=O)[O-])cc1)N1CCN(c2ccc([N+](=O)[O-])cc2)CC1. The number of carbonyl (C=O) groups is 1. The quantitative estimate of drug-likeness (QED) is 0.493. The van der Waals surface area contributed by atoms with Gasteiger partial charge in [0.15, 0.2) is 0 Å². The van der Waals surface area contributed by atoms with Crippen LogP contribution in [-0.4, -0.2) is 57.0 Å². The molecule has 2 heterocycles. The van der Waals surface area contributed by atoms with Gasteiger partial charge in [0, 0.05) is 61.7 Å². The topological polar surface area (TPSA) is 139 Å². The summed E-state index contributed by atoms with van der Waals surface area (Å²) in [5, 5.41) is 28.4. The first-order valence-electron chi connectivity index (χ1n) is 9.51. The molecule has 0 atom stereocenters. The van der Waals surface area contributed by atoms with Gasteiger partial charge < -0.3 is 9.80 Å². The molecule has 11 nitrogen and oxygen atoms in total. The minimum Gasteiger partial charge on any atom is -0.368 e. The van der Waals surface area contributed by atoms with Crippen LogP contribution in [0.4, 0.5) is 17.1 Å². The molecule has 158 valence electrons. The van der Waals surface area contributed by atoms with Gasteiger partial charge in [0.1, 0.15) is 0 Å². The van der Waals surface area contributed by atoms with Crippen LogP contribution in [0, 0.1) is 20.2 Å². The number of hydrogen-bond donors (Lipinski definition) is 1. The Morgan fingerprint density at radius 2 is 1.42 bits per heavy atom. The summed E-state index contributed by atoms with van der Waals surface area (Å²) in [6, 6.07) is 12.3. The number of carbonyl (C=O) groups excluding carboxylic acids is 1. The molecule has 0 saturated carbocycles. The standard InChI is InChI=1S/C20H18N6O5/c27-20(18-13-21-22-19(18)14-1-3-16(4-2-14)25(28)29)24-11-9-23(10-12-24)15-5-7-17(8-6-15)26(30)31/h1-8,13H,9-12H2,(H,21,22). The van der Waals surface area contributed by atoms with E-state index in [0.29, 0.717) is 43.0 Å².